The molecule has 0 saturated carbocycles. The molecule has 29 heavy (non-hydrogen) atoms. The molecule has 1 aliphatic rings. The molecule has 1 heterocycles. The van der Waals surface area contributed by atoms with E-state index < -0.39 is 0 Å². The predicted molar refractivity (Wildman–Crippen MR) is 119 cm³/mol. The average Bonchev–Trinajstić information content (AvgIpc) is 2.92. The number of carbonyl (C=O) groups excluding carboxylic acids is 1. The van der Waals surface area contributed by atoms with Crippen molar-refractivity contribution in [1.29, 1.82) is 0 Å². The van der Waals surface area contributed by atoms with Crippen LogP contribution in [0.15, 0.2) is 41.5 Å². The molecule has 0 spiro atoms. The summed E-state index contributed by atoms with van der Waals surface area (Å²) < 4.78 is 5.84. The summed E-state index contributed by atoms with van der Waals surface area (Å²) in [5, 5.41) is 6.39. The number of hydrogen-bond donors (Lipinski definition) is 0. The smallest absolute Gasteiger partial charge is 0.243 e. The maximum Gasteiger partial charge on any atom is 0.243 e. The molecule has 1 amide bonds. The Morgan fingerprint density at radius 1 is 0.966 bits per heavy atom. The van der Waals surface area contributed by atoms with Gasteiger partial charge in [-0.1, -0.05) is 35.4 Å². The van der Waals surface area contributed by atoms with E-state index in [0.717, 1.165) is 23.4 Å². The summed E-state index contributed by atoms with van der Waals surface area (Å²) >= 11 is 0. The van der Waals surface area contributed by atoms with E-state index in [0.29, 0.717) is 19.4 Å². The Bertz CT molecular complexity index is 903. The zero-order valence-corrected chi connectivity index (χ0v) is 18.5. The fourth-order valence-electron chi connectivity index (χ4n) is 4.01. The van der Waals surface area contributed by atoms with Crippen LogP contribution < -0.4 is 4.74 Å². The molecular weight excluding hydrogens is 360 g/mol. The van der Waals surface area contributed by atoms with Gasteiger partial charge in [0, 0.05) is 12.8 Å². The topological polar surface area (TPSA) is 41.9 Å². The fraction of sp³-hybridized carbons (Fsp3) is 0.440. The molecular formula is C25H32N2O2. The van der Waals surface area contributed by atoms with E-state index in [9.17, 15) is 4.79 Å². The highest BCUT2D eigenvalue weighted by Crippen LogP contribution is 2.31. The second kappa shape index (κ2) is 8.40. The minimum absolute atomic E-state index is 0.0541. The fourth-order valence-corrected chi connectivity index (χ4v) is 4.01. The lowest BCUT2D eigenvalue weighted by molar-refractivity contribution is -0.135. The van der Waals surface area contributed by atoms with Crippen LogP contribution in [0, 0.1) is 27.7 Å². The van der Waals surface area contributed by atoms with Gasteiger partial charge in [0.25, 0.3) is 0 Å². The van der Waals surface area contributed by atoms with Crippen LogP contribution in [0.3, 0.4) is 0 Å². The Balaban J connectivity index is 1.61. The summed E-state index contributed by atoms with van der Waals surface area (Å²) in [6.07, 6.45) is 1.87. The van der Waals surface area contributed by atoms with Crippen LogP contribution in [0.1, 0.15) is 60.9 Å². The minimum atomic E-state index is -0.307. The number of aryl methyl sites for hydroxylation is 4. The first kappa shape index (κ1) is 21.1. The molecule has 1 aliphatic heterocycles. The highest BCUT2D eigenvalue weighted by molar-refractivity contribution is 6.03. The molecule has 0 unspecified atom stereocenters. The second-order valence-corrected chi connectivity index (χ2v) is 8.89. The van der Waals surface area contributed by atoms with Crippen molar-refractivity contribution in [1.82, 2.24) is 5.01 Å². The Morgan fingerprint density at radius 2 is 1.52 bits per heavy atom. The van der Waals surface area contributed by atoms with Crippen molar-refractivity contribution in [2.45, 2.75) is 66.3 Å². The van der Waals surface area contributed by atoms with Crippen LogP contribution >= 0.6 is 0 Å². The number of carbonyl (C=O) groups is 1. The molecule has 0 radical (unpaired) electrons. The minimum Gasteiger partial charge on any atom is -0.494 e. The number of nitrogens with zero attached hydrogens (tertiary/aromatic N) is 2. The molecule has 4 nitrogen and oxygen atoms in total. The zero-order valence-electron chi connectivity index (χ0n) is 18.5. The third-order valence-corrected chi connectivity index (χ3v) is 5.18. The molecule has 0 aliphatic carbocycles. The second-order valence-electron chi connectivity index (χ2n) is 8.89. The Hall–Kier alpha value is -2.62. The summed E-state index contributed by atoms with van der Waals surface area (Å²) in [6.45, 7) is 13.0. The summed E-state index contributed by atoms with van der Waals surface area (Å²) in [5.41, 5.74) is 6.60. The third kappa shape index (κ3) is 5.26. The predicted octanol–water partition coefficient (Wildman–Crippen LogP) is 5.49. The highest BCUT2D eigenvalue weighted by atomic mass is 16.5. The van der Waals surface area contributed by atoms with Crippen molar-refractivity contribution in [3.05, 3.63) is 64.2 Å². The van der Waals surface area contributed by atoms with Crippen molar-refractivity contribution >= 4 is 11.6 Å². The summed E-state index contributed by atoms with van der Waals surface area (Å²) in [7, 11) is 0. The van der Waals surface area contributed by atoms with Crippen LogP contribution in [0.2, 0.25) is 0 Å². The number of benzene rings is 2. The summed E-state index contributed by atoms with van der Waals surface area (Å²) in [5.74, 6) is 0.921. The average molecular weight is 393 g/mol. The summed E-state index contributed by atoms with van der Waals surface area (Å²) in [4.78, 5) is 12.9. The van der Waals surface area contributed by atoms with E-state index in [2.05, 4.69) is 65.8 Å². The van der Waals surface area contributed by atoms with E-state index >= 15 is 0 Å². The van der Waals surface area contributed by atoms with Gasteiger partial charge in [-0.3, -0.25) is 4.79 Å². The SMILES string of the molecule is Cc1cc(C)cc(OCCCC(=O)N2N=C(c3cc(C)cc(C)c3)CC2(C)C)c1. The van der Waals surface area contributed by atoms with Gasteiger partial charge in [0.15, 0.2) is 0 Å². The van der Waals surface area contributed by atoms with E-state index in [1.165, 1.54) is 22.3 Å². The lowest BCUT2D eigenvalue weighted by Crippen LogP contribution is -2.40. The largest absolute Gasteiger partial charge is 0.494 e. The van der Waals surface area contributed by atoms with Gasteiger partial charge in [-0.05, 0) is 76.8 Å². The molecule has 0 fully saturated rings. The van der Waals surface area contributed by atoms with Gasteiger partial charge in [-0.15, -0.1) is 0 Å². The van der Waals surface area contributed by atoms with Gasteiger partial charge in [0.1, 0.15) is 5.75 Å². The molecule has 0 N–H and O–H groups in total. The number of ether oxygens (including phenoxy) is 1. The third-order valence-electron chi connectivity index (χ3n) is 5.18. The van der Waals surface area contributed by atoms with Gasteiger partial charge in [-0.2, -0.15) is 5.10 Å². The van der Waals surface area contributed by atoms with Crippen LogP contribution in [-0.2, 0) is 4.79 Å². The first-order valence-electron chi connectivity index (χ1n) is 10.3. The van der Waals surface area contributed by atoms with E-state index in [1.807, 2.05) is 12.1 Å². The normalized spacial score (nSPS) is 15.4. The zero-order chi connectivity index (χ0) is 21.2. The molecule has 4 heteroatoms. The molecule has 2 aromatic rings. The van der Waals surface area contributed by atoms with Crippen LogP contribution in [0.5, 0.6) is 5.75 Å². The highest BCUT2D eigenvalue weighted by Gasteiger charge is 2.38. The lowest BCUT2D eigenvalue weighted by Gasteiger charge is -2.28. The summed E-state index contributed by atoms with van der Waals surface area (Å²) in [6, 6.07) is 12.6. The standard InChI is InChI=1S/C25H32N2O2/c1-17-10-18(2)13-21(12-17)23-16-25(5,6)27(26-23)24(28)8-7-9-29-22-14-19(3)11-20(4)15-22/h10-15H,7-9,16H2,1-6H3. The van der Waals surface area contributed by atoms with Crippen molar-refractivity contribution in [2.24, 2.45) is 5.10 Å². The first-order valence-corrected chi connectivity index (χ1v) is 10.3. The van der Waals surface area contributed by atoms with Crippen molar-refractivity contribution in [3.63, 3.8) is 0 Å². The maximum atomic E-state index is 12.9. The van der Waals surface area contributed by atoms with Gasteiger partial charge < -0.3 is 4.74 Å². The Labute approximate surface area is 174 Å². The molecule has 0 atom stereocenters. The van der Waals surface area contributed by atoms with Crippen molar-refractivity contribution < 1.29 is 9.53 Å². The van der Waals surface area contributed by atoms with Crippen molar-refractivity contribution in [3.8, 4) is 5.75 Å². The van der Waals surface area contributed by atoms with E-state index in [4.69, 9.17) is 9.84 Å². The van der Waals surface area contributed by atoms with Gasteiger partial charge in [-0.25, -0.2) is 5.01 Å². The molecule has 3 rings (SSSR count). The monoisotopic (exact) mass is 392 g/mol. The molecule has 154 valence electrons. The number of amides is 1. The Morgan fingerprint density at radius 3 is 2.10 bits per heavy atom. The van der Waals surface area contributed by atoms with Crippen LogP contribution in [-0.4, -0.2) is 28.8 Å². The van der Waals surface area contributed by atoms with E-state index in [-0.39, 0.29) is 11.4 Å². The number of hydrazone groups is 1. The molecule has 2 aromatic carbocycles. The van der Waals surface area contributed by atoms with Gasteiger partial charge >= 0.3 is 0 Å². The maximum absolute atomic E-state index is 12.9. The van der Waals surface area contributed by atoms with Crippen LogP contribution in [0.4, 0.5) is 0 Å². The quantitative estimate of drug-likeness (QED) is 0.610. The first-order chi connectivity index (χ1) is 13.6. The number of hydrogen-bond acceptors (Lipinski definition) is 3. The number of rotatable bonds is 6. The lowest BCUT2D eigenvalue weighted by atomic mass is 9.93. The van der Waals surface area contributed by atoms with Crippen LogP contribution in [0.25, 0.3) is 0 Å². The molecule has 0 bridgehead atoms. The molecule has 0 aromatic heterocycles. The van der Waals surface area contributed by atoms with Gasteiger partial charge in [0.2, 0.25) is 5.91 Å². The van der Waals surface area contributed by atoms with Crippen molar-refractivity contribution in [2.75, 3.05) is 6.61 Å². The Kier molecular flexibility index (Phi) is 6.11. The molecule has 0 saturated heterocycles. The van der Waals surface area contributed by atoms with Gasteiger partial charge in [0.05, 0.1) is 17.9 Å². The van der Waals surface area contributed by atoms with E-state index in [1.54, 1.807) is 5.01 Å².